The molecule has 0 fully saturated rings. The number of furan rings is 1. The third kappa shape index (κ3) is 3.75. The van der Waals surface area contributed by atoms with Crippen LogP contribution in [0.1, 0.15) is 42.7 Å². The fraction of sp³-hybridized carbons (Fsp3) is 0.545. The first-order valence-corrected chi connectivity index (χ1v) is 5.02. The van der Waals surface area contributed by atoms with Crippen molar-refractivity contribution >= 4 is 5.78 Å². The molecule has 0 aliphatic rings. The Kier molecular flexibility index (Phi) is 5.00. The molecular formula is C11H16O3. The van der Waals surface area contributed by atoms with Crippen molar-refractivity contribution in [2.75, 3.05) is 6.61 Å². The van der Waals surface area contributed by atoms with E-state index in [1.807, 2.05) is 0 Å². The Bertz CT molecular complexity index is 252. The van der Waals surface area contributed by atoms with Gasteiger partial charge in [0, 0.05) is 13.0 Å². The first-order valence-electron chi connectivity index (χ1n) is 5.02. The van der Waals surface area contributed by atoms with Gasteiger partial charge in [-0.15, -0.1) is 0 Å². The van der Waals surface area contributed by atoms with Gasteiger partial charge in [0.05, 0.1) is 6.26 Å². The number of Topliss-reactive ketones (excluding diaryl/α,β-unsaturated/α-hetero) is 1. The van der Waals surface area contributed by atoms with Gasteiger partial charge in [0.15, 0.2) is 11.5 Å². The Hall–Kier alpha value is -1.09. The van der Waals surface area contributed by atoms with E-state index in [4.69, 9.17) is 9.52 Å². The van der Waals surface area contributed by atoms with Crippen LogP contribution in [0.5, 0.6) is 0 Å². The van der Waals surface area contributed by atoms with Crippen molar-refractivity contribution in [1.29, 1.82) is 0 Å². The summed E-state index contributed by atoms with van der Waals surface area (Å²) in [6.07, 6.45) is 5.74. The molecule has 1 heterocycles. The lowest BCUT2D eigenvalue weighted by Crippen LogP contribution is -1.96. The second-order valence-electron chi connectivity index (χ2n) is 3.29. The molecule has 3 nitrogen and oxygen atoms in total. The standard InChI is InChI=1S/C11H16O3/c12-8-4-2-1-3-6-10(13)11-7-5-9-14-11/h5,7,9,12H,1-4,6,8H2. The lowest BCUT2D eigenvalue weighted by atomic mass is 10.1. The molecule has 0 bridgehead atoms. The summed E-state index contributed by atoms with van der Waals surface area (Å²) in [6, 6.07) is 3.41. The zero-order chi connectivity index (χ0) is 10.2. The Morgan fingerprint density at radius 1 is 1.29 bits per heavy atom. The molecular weight excluding hydrogens is 180 g/mol. The number of rotatable bonds is 7. The van der Waals surface area contributed by atoms with Crippen molar-refractivity contribution in [1.82, 2.24) is 0 Å². The van der Waals surface area contributed by atoms with E-state index in [2.05, 4.69) is 0 Å². The van der Waals surface area contributed by atoms with Gasteiger partial charge in [0.25, 0.3) is 0 Å². The lowest BCUT2D eigenvalue weighted by Gasteiger charge is -1.97. The van der Waals surface area contributed by atoms with Crippen LogP contribution in [0, 0.1) is 0 Å². The fourth-order valence-corrected chi connectivity index (χ4v) is 1.31. The summed E-state index contributed by atoms with van der Waals surface area (Å²) in [7, 11) is 0. The minimum atomic E-state index is 0.0685. The van der Waals surface area contributed by atoms with Crippen LogP contribution in [0.4, 0.5) is 0 Å². The largest absolute Gasteiger partial charge is 0.461 e. The number of carbonyl (C=O) groups excluding carboxylic acids is 1. The number of carbonyl (C=O) groups is 1. The summed E-state index contributed by atoms with van der Waals surface area (Å²) < 4.78 is 4.98. The predicted molar refractivity (Wildman–Crippen MR) is 53.2 cm³/mol. The van der Waals surface area contributed by atoms with E-state index in [0.29, 0.717) is 12.2 Å². The third-order valence-electron chi connectivity index (χ3n) is 2.11. The maximum atomic E-state index is 11.4. The maximum Gasteiger partial charge on any atom is 0.197 e. The average molecular weight is 196 g/mol. The first-order chi connectivity index (χ1) is 6.84. The van der Waals surface area contributed by atoms with Crippen LogP contribution in [0.2, 0.25) is 0 Å². The van der Waals surface area contributed by atoms with Crippen LogP contribution < -0.4 is 0 Å². The molecule has 0 atom stereocenters. The van der Waals surface area contributed by atoms with E-state index in [9.17, 15) is 4.79 Å². The molecule has 0 aliphatic heterocycles. The van der Waals surface area contributed by atoms with Crippen LogP contribution in [0.15, 0.2) is 22.8 Å². The molecule has 0 aliphatic carbocycles. The van der Waals surface area contributed by atoms with Crippen LogP contribution in [0.3, 0.4) is 0 Å². The second kappa shape index (κ2) is 6.38. The smallest absolute Gasteiger partial charge is 0.197 e. The quantitative estimate of drug-likeness (QED) is 0.538. The number of aliphatic hydroxyl groups is 1. The van der Waals surface area contributed by atoms with E-state index >= 15 is 0 Å². The molecule has 1 N–H and O–H groups in total. The Balaban J connectivity index is 2.10. The first kappa shape index (κ1) is 11.0. The SMILES string of the molecule is O=C(CCCCCCO)c1ccco1. The summed E-state index contributed by atoms with van der Waals surface area (Å²) >= 11 is 0. The van der Waals surface area contributed by atoms with Crippen molar-refractivity contribution < 1.29 is 14.3 Å². The van der Waals surface area contributed by atoms with Gasteiger partial charge in [-0.2, -0.15) is 0 Å². The van der Waals surface area contributed by atoms with Gasteiger partial charge in [-0.25, -0.2) is 0 Å². The second-order valence-corrected chi connectivity index (χ2v) is 3.29. The predicted octanol–water partition coefficient (Wildman–Crippen LogP) is 2.41. The monoisotopic (exact) mass is 196 g/mol. The Morgan fingerprint density at radius 2 is 2.07 bits per heavy atom. The van der Waals surface area contributed by atoms with E-state index in [1.54, 1.807) is 12.1 Å². The number of hydrogen-bond acceptors (Lipinski definition) is 3. The highest BCUT2D eigenvalue weighted by molar-refractivity contribution is 5.93. The van der Waals surface area contributed by atoms with E-state index in [1.165, 1.54) is 6.26 Å². The fourth-order valence-electron chi connectivity index (χ4n) is 1.31. The highest BCUT2D eigenvalue weighted by Crippen LogP contribution is 2.09. The van der Waals surface area contributed by atoms with Crippen molar-refractivity contribution in [3.05, 3.63) is 24.2 Å². The third-order valence-corrected chi connectivity index (χ3v) is 2.11. The molecule has 0 unspecified atom stereocenters. The van der Waals surface area contributed by atoms with Crippen LogP contribution in [-0.4, -0.2) is 17.5 Å². The molecule has 14 heavy (non-hydrogen) atoms. The molecule has 1 rings (SSSR count). The molecule has 78 valence electrons. The number of unbranched alkanes of at least 4 members (excludes halogenated alkanes) is 3. The van der Waals surface area contributed by atoms with Gasteiger partial charge in [-0.05, 0) is 25.0 Å². The highest BCUT2D eigenvalue weighted by Gasteiger charge is 2.07. The molecule has 0 amide bonds. The summed E-state index contributed by atoms with van der Waals surface area (Å²) in [5, 5.41) is 8.54. The average Bonchev–Trinajstić information content (AvgIpc) is 2.70. The van der Waals surface area contributed by atoms with Crippen molar-refractivity contribution in [2.24, 2.45) is 0 Å². The van der Waals surface area contributed by atoms with E-state index in [0.717, 1.165) is 25.7 Å². The summed E-state index contributed by atoms with van der Waals surface area (Å²) in [4.78, 5) is 11.4. The zero-order valence-electron chi connectivity index (χ0n) is 8.24. The minimum Gasteiger partial charge on any atom is -0.461 e. The summed E-state index contributed by atoms with van der Waals surface area (Å²) in [5.74, 6) is 0.520. The minimum absolute atomic E-state index is 0.0685. The molecule has 3 heteroatoms. The topological polar surface area (TPSA) is 50.4 Å². The molecule has 1 aromatic heterocycles. The molecule has 0 saturated heterocycles. The molecule has 0 spiro atoms. The zero-order valence-corrected chi connectivity index (χ0v) is 8.24. The van der Waals surface area contributed by atoms with Crippen molar-refractivity contribution in [2.45, 2.75) is 32.1 Å². The Morgan fingerprint density at radius 3 is 2.71 bits per heavy atom. The van der Waals surface area contributed by atoms with E-state index < -0.39 is 0 Å². The molecule has 0 aromatic carbocycles. The maximum absolute atomic E-state index is 11.4. The molecule has 1 aromatic rings. The summed E-state index contributed by atoms with van der Waals surface area (Å²) in [5.41, 5.74) is 0. The van der Waals surface area contributed by atoms with Crippen LogP contribution >= 0.6 is 0 Å². The van der Waals surface area contributed by atoms with E-state index in [-0.39, 0.29) is 12.4 Å². The summed E-state index contributed by atoms with van der Waals surface area (Å²) in [6.45, 7) is 0.242. The van der Waals surface area contributed by atoms with Gasteiger partial charge >= 0.3 is 0 Å². The highest BCUT2D eigenvalue weighted by atomic mass is 16.3. The van der Waals surface area contributed by atoms with Crippen molar-refractivity contribution in [3.63, 3.8) is 0 Å². The molecule has 0 radical (unpaired) electrons. The van der Waals surface area contributed by atoms with Crippen molar-refractivity contribution in [3.8, 4) is 0 Å². The van der Waals surface area contributed by atoms with Gasteiger partial charge in [-0.1, -0.05) is 12.8 Å². The van der Waals surface area contributed by atoms with Crippen LogP contribution in [0.25, 0.3) is 0 Å². The number of hydrogen-bond donors (Lipinski definition) is 1. The number of ketones is 1. The van der Waals surface area contributed by atoms with Gasteiger partial charge in [0.1, 0.15) is 0 Å². The van der Waals surface area contributed by atoms with Gasteiger partial charge in [-0.3, -0.25) is 4.79 Å². The van der Waals surface area contributed by atoms with Gasteiger partial charge < -0.3 is 9.52 Å². The van der Waals surface area contributed by atoms with Crippen LogP contribution in [-0.2, 0) is 0 Å². The molecule has 0 saturated carbocycles. The normalized spacial score (nSPS) is 10.4. The van der Waals surface area contributed by atoms with Gasteiger partial charge in [0.2, 0.25) is 0 Å². The Labute approximate surface area is 83.7 Å². The number of aliphatic hydroxyl groups excluding tert-OH is 1. The lowest BCUT2D eigenvalue weighted by molar-refractivity contribution is 0.0952.